The van der Waals surface area contributed by atoms with Crippen LogP contribution in [0.3, 0.4) is 0 Å². The van der Waals surface area contributed by atoms with E-state index in [2.05, 4.69) is 41.6 Å². The van der Waals surface area contributed by atoms with E-state index in [1.807, 2.05) is 18.2 Å². The van der Waals surface area contributed by atoms with Gasteiger partial charge in [-0.05, 0) is 19.4 Å². The molecule has 1 rings (SSSR count). The molecule has 0 unspecified atom stereocenters. The molecular weight excluding hydrogens is 226 g/mol. The van der Waals surface area contributed by atoms with E-state index in [9.17, 15) is 0 Å². The summed E-state index contributed by atoms with van der Waals surface area (Å²) in [6, 6.07) is 10.1. The van der Waals surface area contributed by atoms with Crippen molar-refractivity contribution in [1.29, 1.82) is 0 Å². The van der Waals surface area contributed by atoms with E-state index in [1.54, 1.807) is 7.11 Å². The molecule has 0 radical (unpaired) electrons. The highest BCUT2D eigenvalue weighted by Gasteiger charge is 2.09. The van der Waals surface area contributed by atoms with Crippen LogP contribution in [-0.2, 0) is 4.74 Å². The smallest absolute Gasteiger partial charge is 0.191 e. The predicted molar refractivity (Wildman–Crippen MR) is 75.8 cm³/mol. The zero-order chi connectivity index (χ0) is 13.2. The Kier molecular flexibility index (Phi) is 6.87. The standard InChI is InChI=1S/C14H23N3O/c1-4-15-14(16-5-2)17-11-13(18-3)12-9-7-6-8-10-12/h6-10,13H,4-5,11H2,1-3H3,(H2,15,16,17)/t13-/m1/s1. The third kappa shape index (κ3) is 4.75. The van der Waals surface area contributed by atoms with Gasteiger partial charge in [0, 0.05) is 20.2 Å². The molecule has 0 aromatic heterocycles. The summed E-state index contributed by atoms with van der Waals surface area (Å²) >= 11 is 0. The van der Waals surface area contributed by atoms with Crippen LogP contribution in [-0.4, -0.2) is 32.7 Å². The van der Waals surface area contributed by atoms with Gasteiger partial charge in [0.1, 0.15) is 6.10 Å². The number of hydrogen-bond acceptors (Lipinski definition) is 2. The fraction of sp³-hybridized carbons (Fsp3) is 0.500. The number of guanidine groups is 1. The molecule has 0 spiro atoms. The van der Waals surface area contributed by atoms with Crippen molar-refractivity contribution in [1.82, 2.24) is 10.6 Å². The number of benzene rings is 1. The van der Waals surface area contributed by atoms with Crippen molar-refractivity contribution < 1.29 is 4.74 Å². The highest BCUT2D eigenvalue weighted by atomic mass is 16.5. The summed E-state index contributed by atoms with van der Waals surface area (Å²) in [7, 11) is 1.72. The van der Waals surface area contributed by atoms with E-state index < -0.39 is 0 Å². The largest absolute Gasteiger partial charge is 0.375 e. The van der Waals surface area contributed by atoms with Gasteiger partial charge in [-0.2, -0.15) is 0 Å². The zero-order valence-corrected chi connectivity index (χ0v) is 11.4. The fourth-order valence-corrected chi connectivity index (χ4v) is 1.67. The van der Waals surface area contributed by atoms with Crippen LogP contribution in [0, 0.1) is 0 Å². The first-order valence-electron chi connectivity index (χ1n) is 6.41. The Balaban J connectivity index is 2.65. The lowest BCUT2D eigenvalue weighted by Gasteiger charge is -2.15. The molecule has 0 aliphatic rings. The molecule has 0 heterocycles. The molecule has 0 fully saturated rings. The lowest BCUT2D eigenvalue weighted by Crippen LogP contribution is -2.37. The van der Waals surface area contributed by atoms with Crippen LogP contribution in [0.2, 0.25) is 0 Å². The normalized spacial score (nSPS) is 11.7. The van der Waals surface area contributed by atoms with Gasteiger partial charge in [-0.25, -0.2) is 0 Å². The maximum Gasteiger partial charge on any atom is 0.191 e. The van der Waals surface area contributed by atoms with E-state index in [0.717, 1.165) is 24.6 Å². The van der Waals surface area contributed by atoms with Gasteiger partial charge in [-0.3, -0.25) is 4.99 Å². The van der Waals surface area contributed by atoms with E-state index in [1.165, 1.54) is 0 Å². The van der Waals surface area contributed by atoms with Crippen LogP contribution in [0.1, 0.15) is 25.5 Å². The maximum absolute atomic E-state index is 5.48. The van der Waals surface area contributed by atoms with Crippen LogP contribution < -0.4 is 10.6 Å². The minimum absolute atomic E-state index is 0.00138. The molecule has 18 heavy (non-hydrogen) atoms. The Morgan fingerprint density at radius 3 is 2.28 bits per heavy atom. The maximum atomic E-state index is 5.48. The first kappa shape index (κ1) is 14.5. The Morgan fingerprint density at radius 1 is 1.17 bits per heavy atom. The Bertz CT molecular complexity index is 343. The lowest BCUT2D eigenvalue weighted by atomic mass is 10.1. The van der Waals surface area contributed by atoms with E-state index >= 15 is 0 Å². The van der Waals surface area contributed by atoms with Crippen LogP contribution in [0.5, 0.6) is 0 Å². The van der Waals surface area contributed by atoms with Gasteiger partial charge in [0.2, 0.25) is 0 Å². The van der Waals surface area contributed by atoms with Gasteiger partial charge in [-0.1, -0.05) is 30.3 Å². The Morgan fingerprint density at radius 2 is 1.78 bits per heavy atom. The van der Waals surface area contributed by atoms with Crippen molar-refractivity contribution >= 4 is 5.96 Å². The number of hydrogen-bond donors (Lipinski definition) is 2. The number of rotatable bonds is 6. The van der Waals surface area contributed by atoms with Gasteiger partial charge in [0.15, 0.2) is 5.96 Å². The van der Waals surface area contributed by atoms with Gasteiger partial charge < -0.3 is 15.4 Å². The van der Waals surface area contributed by atoms with Crippen LogP contribution in [0.15, 0.2) is 35.3 Å². The summed E-state index contributed by atoms with van der Waals surface area (Å²) < 4.78 is 5.48. The summed E-state index contributed by atoms with van der Waals surface area (Å²) in [4.78, 5) is 4.52. The average molecular weight is 249 g/mol. The third-order valence-corrected chi connectivity index (χ3v) is 2.56. The first-order chi connectivity index (χ1) is 8.81. The molecule has 0 saturated carbocycles. The number of methoxy groups -OCH3 is 1. The lowest BCUT2D eigenvalue weighted by molar-refractivity contribution is 0.111. The van der Waals surface area contributed by atoms with Gasteiger partial charge >= 0.3 is 0 Å². The van der Waals surface area contributed by atoms with Crippen LogP contribution in [0.25, 0.3) is 0 Å². The second kappa shape index (κ2) is 8.53. The molecule has 1 aromatic carbocycles. The summed E-state index contributed by atoms with van der Waals surface area (Å²) in [6.07, 6.45) is -0.00138. The molecule has 4 nitrogen and oxygen atoms in total. The summed E-state index contributed by atoms with van der Waals surface area (Å²) in [5, 5.41) is 6.40. The molecule has 1 atom stereocenters. The summed E-state index contributed by atoms with van der Waals surface area (Å²) in [5.41, 5.74) is 1.15. The average Bonchev–Trinajstić information content (AvgIpc) is 2.41. The Labute approximate surface area is 109 Å². The molecule has 2 N–H and O–H groups in total. The molecular formula is C14H23N3O. The number of aliphatic imine (C=N–C) groups is 1. The SMILES string of the molecule is CCNC(=NC[C@@H](OC)c1ccccc1)NCC. The highest BCUT2D eigenvalue weighted by molar-refractivity contribution is 5.79. The van der Waals surface area contributed by atoms with Gasteiger partial charge in [-0.15, -0.1) is 0 Å². The molecule has 0 aliphatic carbocycles. The van der Waals surface area contributed by atoms with Crippen LogP contribution >= 0.6 is 0 Å². The number of nitrogens with one attached hydrogen (secondary N) is 2. The zero-order valence-electron chi connectivity index (χ0n) is 11.4. The number of nitrogens with zero attached hydrogens (tertiary/aromatic N) is 1. The quantitative estimate of drug-likeness (QED) is 0.598. The minimum Gasteiger partial charge on any atom is -0.375 e. The minimum atomic E-state index is -0.00138. The highest BCUT2D eigenvalue weighted by Crippen LogP contribution is 2.16. The second-order valence-electron chi connectivity index (χ2n) is 3.88. The predicted octanol–water partition coefficient (Wildman–Crippen LogP) is 1.95. The fourth-order valence-electron chi connectivity index (χ4n) is 1.67. The number of ether oxygens (including phenoxy) is 1. The van der Waals surface area contributed by atoms with Crippen molar-refractivity contribution in [2.45, 2.75) is 20.0 Å². The van der Waals surface area contributed by atoms with Crippen molar-refractivity contribution in [3.05, 3.63) is 35.9 Å². The molecule has 1 aromatic rings. The third-order valence-electron chi connectivity index (χ3n) is 2.56. The van der Waals surface area contributed by atoms with Gasteiger partial charge in [0.25, 0.3) is 0 Å². The second-order valence-corrected chi connectivity index (χ2v) is 3.88. The topological polar surface area (TPSA) is 45.7 Å². The summed E-state index contributed by atoms with van der Waals surface area (Å²) in [6.45, 7) is 6.43. The van der Waals surface area contributed by atoms with Crippen molar-refractivity contribution in [3.8, 4) is 0 Å². The van der Waals surface area contributed by atoms with E-state index in [0.29, 0.717) is 6.54 Å². The molecule has 0 amide bonds. The van der Waals surface area contributed by atoms with E-state index in [4.69, 9.17) is 4.74 Å². The van der Waals surface area contributed by atoms with E-state index in [-0.39, 0.29) is 6.10 Å². The summed E-state index contributed by atoms with van der Waals surface area (Å²) in [5.74, 6) is 0.831. The molecule has 0 saturated heterocycles. The van der Waals surface area contributed by atoms with Crippen molar-refractivity contribution in [3.63, 3.8) is 0 Å². The first-order valence-corrected chi connectivity index (χ1v) is 6.41. The molecule has 4 heteroatoms. The molecule has 100 valence electrons. The molecule has 0 aliphatic heterocycles. The van der Waals surface area contributed by atoms with Crippen molar-refractivity contribution in [2.24, 2.45) is 4.99 Å². The van der Waals surface area contributed by atoms with Crippen LogP contribution in [0.4, 0.5) is 0 Å². The Hall–Kier alpha value is -1.55. The molecule has 0 bridgehead atoms. The van der Waals surface area contributed by atoms with Crippen molar-refractivity contribution in [2.75, 3.05) is 26.7 Å². The van der Waals surface area contributed by atoms with Gasteiger partial charge in [0.05, 0.1) is 6.54 Å². The monoisotopic (exact) mass is 249 g/mol.